The average Bonchev–Trinajstić information content (AvgIpc) is 2.75. The van der Waals surface area contributed by atoms with Crippen molar-refractivity contribution in [2.75, 3.05) is 26.9 Å². The van der Waals surface area contributed by atoms with Crippen LogP contribution in [0.2, 0.25) is 0 Å². The SMILES string of the molecule is COC1(CNC(=O)CC(N)=NO)CCOC1. The Morgan fingerprint density at radius 2 is 2.50 bits per heavy atom. The van der Waals surface area contributed by atoms with E-state index in [1.807, 2.05) is 0 Å². The Morgan fingerprint density at radius 3 is 3.00 bits per heavy atom. The van der Waals surface area contributed by atoms with Gasteiger partial charge < -0.3 is 25.7 Å². The van der Waals surface area contributed by atoms with Gasteiger partial charge in [0.15, 0.2) is 0 Å². The van der Waals surface area contributed by atoms with Crippen LogP contribution in [-0.4, -0.2) is 49.4 Å². The average molecular weight is 231 g/mol. The molecule has 0 aliphatic carbocycles. The molecule has 1 atom stereocenters. The molecule has 0 radical (unpaired) electrons. The van der Waals surface area contributed by atoms with Gasteiger partial charge in [0.1, 0.15) is 11.4 Å². The number of amides is 1. The van der Waals surface area contributed by atoms with Crippen molar-refractivity contribution in [3.8, 4) is 0 Å². The van der Waals surface area contributed by atoms with Crippen LogP contribution < -0.4 is 11.1 Å². The summed E-state index contributed by atoms with van der Waals surface area (Å²) in [6, 6.07) is 0. The summed E-state index contributed by atoms with van der Waals surface area (Å²) in [5.41, 5.74) is 4.76. The number of amidine groups is 1. The maximum absolute atomic E-state index is 11.3. The topological polar surface area (TPSA) is 106 Å². The van der Waals surface area contributed by atoms with E-state index >= 15 is 0 Å². The van der Waals surface area contributed by atoms with Crippen LogP contribution in [0.4, 0.5) is 0 Å². The van der Waals surface area contributed by atoms with Gasteiger partial charge in [0, 0.05) is 26.7 Å². The van der Waals surface area contributed by atoms with Gasteiger partial charge >= 0.3 is 0 Å². The minimum atomic E-state index is -0.444. The number of hydrogen-bond acceptors (Lipinski definition) is 5. The number of rotatable bonds is 5. The Morgan fingerprint density at radius 1 is 1.75 bits per heavy atom. The number of nitrogens with zero attached hydrogens (tertiary/aromatic N) is 1. The predicted octanol–water partition coefficient (Wildman–Crippen LogP) is -0.955. The first kappa shape index (κ1) is 12.7. The molecule has 1 unspecified atom stereocenters. The van der Waals surface area contributed by atoms with E-state index in [2.05, 4.69) is 10.5 Å². The van der Waals surface area contributed by atoms with Crippen molar-refractivity contribution in [3.05, 3.63) is 0 Å². The van der Waals surface area contributed by atoms with Crippen LogP contribution in [0.1, 0.15) is 12.8 Å². The molecule has 0 aromatic rings. The molecular weight excluding hydrogens is 214 g/mol. The van der Waals surface area contributed by atoms with E-state index in [1.54, 1.807) is 7.11 Å². The highest BCUT2D eigenvalue weighted by molar-refractivity contribution is 5.98. The molecule has 0 aromatic heterocycles. The number of oxime groups is 1. The fourth-order valence-electron chi connectivity index (χ4n) is 1.48. The molecule has 0 aromatic carbocycles. The third-order valence-corrected chi connectivity index (χ3v) is 2.58. The van der Waals surface area contributed by atoms with Gasteiger partial charge in [-0.2, -0.15) is 0 Å². The minimum Gasteiger partial charge on any atom is -0.409 e. The lowest BCUT2D eigenvalue weighted by Gasteiger charge is -2.25. The van der Waals surface area contributed by atoms with Gasteiger partial charge in [0.05, 0.1) is 13.0 Å². The second-order valence-electron chi connectivity index (χ2n) is 3.73. The second-order valence-corrected chi connectivity index (χ2v) is 3.73. The number of hydrogen-bond donors (Lipinski definition) is 3. The number of carbonyl (C=O) groups excluding carboxylic acids is 1. The monoisotopic (exact) mass is 231 g/mol. The molecule has 0 saturated carbocycles. The lowest BCUT2D eigenvalue weighted by atomic mass is 10.0. The first-order valence-electron chi connectivity index (χ1n) is 4.98. The van der Waals surface area contributed by atoms with Crippen molar-refractivity contribution >= 4 is 11.7 Å². The van der Waals surface area contributed by atoms with Crippen LogP contribution >= 0.6 is 0 Å². The third-order valence-electron chi connectivity index (χ3n) is 2.58. The molecule has 92 valence electrons. The zero-order valence-electron chi connectivity index (χ0n) is 9.23. The molecule has 1 aliphatic heterocycles. The standard InChI is InChI=1S/C9H17N3O4/c1-15-9(2-3-16-6-9)5-11-8(13)4-7(10)12-14/h14H,2-6H2,1H3,(H2,10,12)(H,11,13). The maximum atomic E-state index is 11.3. The van der Waals surface area contributed by atoms with Crippen molar-refractivity contribution in [1.82, 2.24) is 5.32 Å². The molecule has 7 nitrogen and oxygen atoms in total. The molecule has 16 heavy (non-hydrogen) atoms. The lowest BCUT2D eigenvalue weighted by molar-refractivity contribution is -0.121. The van der Waals surface area contributed by atoms with Crippen LogP contribution in [0.3, 0.4) is 0 Å². The Kier molecular flexibility index (Phi) is 4.51. The first-order chi connectivity index (χ1) is 7.62. The van der Waals surface area contributed by atoms with Crippen LogP contribution in [0.15, 0.2) is 5.16 Å². The highest BCUT2D eigenvalue weighted by atomic mass is 16.5. The number of nitrogens with one attached hydrogen (secondary N) is 1. The summed E-state index contributed by atoms with van der Waals surface area (Å²) in [4.78, 5) is 11.3. The van der Waals surface area contributed by atoms with Crippen LogP contribution in [0.5, 0.6) is 0 Å². The molecule has 7 heteroatoms. The van der Waals surface area contributed by atoms with Gasteiger partial charge in [-0.15, -0.1) is 0 Å². The third kappa shape index (κ3) is 3.35. The molecule has 1 rings (SSSR count). The molecule has 1 aliphatic rings. The van der Waals surface area contributed by atoms with Crippen molar-refractivity contribution in [1.29, 1.82) is 0 Å². The van der Waals surface area contributed by atoms with Crippen molar-refractivity contribution in [3.63, 3.8) is 0 Å². The summed E-state index contributed by atoms with van der Waals surface area (Å²) >= 11 is 0. The fourth-order valence-corrected chi connectivity index (χ4v) is 1.48. The van der Waals surface area contributed by atoms with Crippen LogP contribution in [-0.2, 0) is 14.3 Å². The summed E-state index contributed by atoms with van der Waals surface area (Å²) < 4.78 is 10.6. The number of nitrogens with two attached hydrogens (primary N) is 1. The first-order valence-corrected chi connectivity index (χ1v) is 4.98. The van der Waals surface area contributed by atoms with Gasteiger partial charge in [-0.25, -0.2) is 0 Å². The molecule has 1 amide bonds. The summed E-state index contributed by atoms with van der Waals surface area (Å²) in [6.45, 7) is 1.46. The molecular formula is C9H17N3O4. The Hall–Kier alpha value is -1.34. The number of ether oxygens (including phenoxy) is 2. The van der Waals surface area contributed by atoms with E-state index in [0.29, 0.717) is 19.8 Å². The van der Waals surface area contributed by atoms with E-state index in [1.165, 1.54) is 0 Å². The summed E-state index contributed by atoms with van der Waals surface area (Å²) in [6.07, 6.45) is 0.616. The lowest BCUT2D eigenvalue weighted by Crippen LogP contribution is -2.45. The highest BCUT2D eigenvalue weighted by Crippen LogP contribution is 2.21. The molecule has 1 saturated heterocycles. The normalized spacial score (nSPS) is 25.7. The molecule has 1 heterocycles. The summed E-state index contributed by atoms with van der Waals surface area (Å²) in [5, 5.41) is 13.7. The van der Waals surface area contributed by atoms with Crippen LogP contribution in [0.25, 0.3) is 0 Å². The second kappa shape index (κ2) is 5.66. The quantitative estimate of drug-likeness (QED) is 0.245. The maximum Gasteiger partial charge on any atom is 0.227 e. The highest BCUT2D eigenvalue weighted by Gasteiger charge is 2.35. The van der Waals surface area contributed by atoms with Crippen molar-refractivity contribution in [2.24, 2.45) is 10.9 Å². The molecule has 4 N–H and O–H groups in total. The minimum absolute atomic E-state index is 0.119. The van der Waals surface area contributed by atoms with E-state index < -0.39 is 5.60 Å². The number of methoxy groups -OCH3 is 1. The Labute approximate surface area is 93.6 Å². The van der Waals surface area contributed by atoms with Crippen molar-refractivity contribution in [2.45, 2.75) is 18.4 Å². The summed E-state index contributed by atoms with van der Waals surface area (Å²) in [7, 11) is 1.59. The predicted molar refractivity (Wildman–Crippen MR) is 56.2 cm³/mol. The fraction of sp³-hybridized carbons (Fsp3) is 0.778. The van der Waals surface area contributed by atoms with E-state index in [9.17, 15) is 4.79 Å². The van der Waals surface area contributed by atoms with Gasteiger partial charge in [0.2, 0.25) is 5.91 Å². The Balaban J connectivity index is 2.35. The Bertz CT molecular complexity index is 274. The molecule has 0 bridgehead atoms. The molecule has 0 spiro atoms. The number of carbonyl (C=O) groups is 1. The largest absolute Gasteiger partial charge is 0.409 e. The van der Waals surface area contributed by atoms with E-state index in [4.69, 9.17) is 20.4 Å². The van der Waals surface area contributed by atoms with Gasteiger partial charge in [-0.05, 0) is 0 Å². The zero-order valence-corrected chi connectivity index (χ0v) is 9.23. The van der Waals surface area contributed by atoms with E-state index in [0.717, 1.165) is 6.42 Å². The van der Waals surface area contributed by atoms with E-state index in [-0.39, 0.29) is 18.2 Å². The van der Waals surface area contributed by atoms with Gasteiger partial charge in [-0.3, -0.25) is 4.79 Å². The zero-order chi connectivity index (χ0) is 12.0. The van der Waals surface area contributed by atoms with Gasteiger partial charge in [0.25, 0.3) is 0 Å². The van der Waals surface area contributed by atoms with Crippen molar-refractivity contribution < 1.29 is 19.5 Å². The summed E-state index contributed by atoms with van der Waals surface area (Å²) in [5.74, 6) is -0.426. The smallest absolute Gasteiger partial charge is 0.227 e. The van der Waals surface area contributed by atoms with Crippen LogP contribution in [0, 0.1) is 0 Å². The molecule has 1 fully saturated rings. The van der Waals surface area contributed by atoms with Gasteiger partial charge in [-0.1, -0.05) is 5.16 Å².